The van der Waals surface area contributed by atoms with Crippen LogP contribution in [0.3, 0.4) is 0 Å². The topological polar surface area (TPSA) is 85.5 Å². The van der Waals surface area contributed by atoms with E-state index in [9.17, 15) is 9.18 Å². The maximum atomic E-state index is 12.5. The molecule has 0 spiro atoms. The van der Waals surface area contributed by atoms with E-state index in [0.29, 0.717) is 5.75 Å². The molecule has 0 aliphatic carbocycles. The van der Waals surface area contributed by atoms with E-state index in [-0.39, 0.29) is 18.2 Å². The molecule has 0 aromatic carbocycles. The summed E-state index contributed by atoms with van der Waals surface area (Å²) in [7, 11) is 0. The van der Waals surface area contributed by atoms with Gasteiger partial charge in [0.05, 0.1) is 6.20 Å². The summed E-state index contributed by atoms with van der Waals surface area (Å²) in [5, 5.41) is 8.60. The van der Waals surface area contributed by atoms with Crippen molar-refractivity contribution in [2.75, 3.05) is 0 Å². The van der Waals surface area contributed by atoms with Crippen LogP contribution in [-0.2, 0) is 6.61 Å². The monoisotopic (exact) mass is 238 g/mol. The number of ether oxygens (including phenoxy) is 1. The van der Waals surface area contributed by atoms with Crippen molar-refractivity contribution in [1.82, 2.24) is 9.97 Å². The number of hydrogen-bond acceptors (Lipinski definition) is 5. The lowest BCUT2D eigenvalue weighted by Gasteiger charge is -2.01. The van der Waals surface area contributed by atoms with Crippen LogP contribution >= 0.6 is 0 Å². The summed E-state index contributed by atoms with van der Waals surface area (Å²) in [6.07, 6.45) is 2.22. The third kappa shape index (κ3) is 2.77. The van der Waals surface area contributed by atoms with Crippen molar-refractivity contribution in [3.8, 4) is 5.75 Å². The molecule has 1 N–H and O–H groups in total. The highest BCUT2D eigenvalue weighted by Gasteiger charge is 2.10. The molecule has 2 rings (SSSR count). The zero-order valence-corrected chi connectivity index (χ0v) is 8.46. The number of carboxylic acid groups (broad SMARTS) is 1. The van der Waals surface area contributed by atoms with E-state index in [1.54, 1.807) is 0 Å². The average molecular weight is 238 g/mol. The summed E-state index contributed by atoms with van der Waals surface area (Å²) in [5.41, 5.74) is -0.194. The summed E-state index contributed by atoms with van der Waals surface area (Å²) in [5.74, 6) is -1.33. The van der Waals surface area contributed by atoms with Gasteiger partial charge >= 0.3 is 5.97 Å². The van der Waals surface area contributed by atoms with Crippen molar-refractivity contribution in [3.05, 3.63) is 42.1 Å². The van der Waals surface area contributed by atoms with Crippen molar-refractivity contribution in [3.63, 3.8) is 0 Å². The molecule has 0 saturated heterocycles. The van der Waals surface area contributed by atoms with Crippen LogP contribution in [0.5, 0.6) is 5.75 Å². The van der Waals surface area contributed by atoms with Gasteiger partial charge < -0.3 is 14.3 Å². The van der Waals surface area contributed by atoms with E-state index in [0.717, 1.165) is 12.3 Å². The molecule has 0 fully saturated rings. The number of aromatic carboxylic acids is 1. The molecule has 0 unspecified atom stereocenters. The fourth-order valence-corrected chi connectivity index (χ4v) is 1.07. The molecule has 0 amide bonds. The van der Waals surface area contributed by atoms with Gasteiger partial charge in [-0.15, -0.1) is 0 Å². The van der Waals surface area contributed by atoms with Crippen LogP contribution in [-0.4, -0.2) is 21.0 Å². The minimum Gasteiger partial charge on any atom is -0.482 e. The molecule has 6 nitrogen and oxygen atoms in total. The van der Waals surface area contributed by atoms with Crippen molar-refractivity contribution in [2.24, 2.45) is 0 Å². The Balaban J connectivity index is 1.97. The molecular formula is C10H7FN2O4. The van der Waals surface area contributed by atoms with Crippen LogP contribution in [0.15, 0.2) is 29.0 Å². The van der Waals surface area contributed by atoms with E-state index in [1.165, 1.54) is 12.3 Å². The molecule has 0 bridgehead atoms. The van der Waals surface area contributed by atoms with Gasteiger partial charge in [0.1, 0.15) is 12.0 Å². The minimum absolute atomic E-state index is 0.0550. The lowest BCUT2D eigenvalue weighted by atomic mass is 10.4. The number of nitrogens with zero attached hydrogens (tertiary/aromatic N) is 2. The Morgan fingerprint density at radius 2 is 2.35 bits per heavy atom. The second-order valence-corrected chi connectivity index (χ2v) is 3.04. The Morgan fingerprint density at radius 3 is 2.94 bits per heavy atom. The number of oxazole rings is 1. The van der Waals surface area contributed by atoms with Crippen LogP contribution in [0.2, 0.25) is 0 Å². The Morgan fingerprint density at radius 1 is 1.53 bits per heavy atom. The summed E-state index contributed by atoms with van der Waals surface area (Å²) in [4.78, 5) is 17.6. The van der Waals surface area contributed by atoms with E-state index < -0.39 is 11.9 Å². The molecule has 17 heavy (non-hydrogen) atoms. The largest absolute Gasteiger partial charge is 0.482 e. The summed E-state index contributed by atoms with van der Waals surface area (Å²) in [6.45, 7) is -0.0550. The van der Waals surface area contributed by atoms with Crippen molar-refractivity contribution in [2.45, 2.75) is 6.61 Å². The van der Waals surface area contributed by atoms with Gasteiger partial charge in [-0.2, -0.15) is 4.39 Å². The lowest BCUT2D eigenvalue weighted by molar-refractivity contribution is 0.0690. The van der Waals surface area contributed by atoms with Crippen LogP contribution in [0.1, 0.15) is 16.4 Å². The smallest absolute Gasteiger partial charge is 0.357 e. The molecule has 0 atom stereocenters. The van der Waals surface area contributed by atoms with E-state index in [1.807, 2.05) is 0 Å². The Bertz CT molecular complexity index is 523. The van der Waals surface area contributed by atoms with Gasteiger partial charge in [0.25, 0.3) is 0 Å². The maximum Gasteiger partial charge on any atom is 0.357 e. The summed E-state index contributed by atoms with van der Waals surface area (Å²) in [6, 6.07) is 2.54. The number of pyridine rings is 1. The van der Waals surface area contributed by atoms with Crippen LogP contribution < -0.4 is 4.74 Å². The van der Waals surface area contributed by atoms with Crippen LogP contribution in [0, 0.1) is 5.95 Å². The van der Waals surface area contributed by atoms with Crippen molar-refractivity contribution < 1.29 is 23.4 Å². The van der Waals surface area contributed by atoms with E-state index >= 15 is 0 Å². The maximum absolute atomic E-state index is 12.5. The molecule has 0 aliphatic rings. The molecule has 0 radical (unpaired) electrons. The average Bonchev–Trinajstić information content (AvgIpc) is 2.77. The number of aromatic nitrogens is 2. The van der Waals surface area contributed by atoms with E-state index in [4.69, 9.17) is 14.3 Å². The van der Waals surface area contributed by atoms with Crippen molar-refractivity contribution in [1.29, 1.82) is 0 Å². The molecule has 0 aliphatic heterocycles. The first-order valence-electron chi connectivity index (χ1n) is 4.57. The molecule has 2 aromatic rings. The van der Waals surface area contributed by atoms with E-state index in [2.05, 4.69) is 9.97 Å². The fourth-order valence-electron chi connectivity index (χ4n) is 1.07. The minimum atomic E-state index is -1.18. The lowest BCUT2D eigenvalue weighted by Crippen LogP contribution is -1.99. The molecule has 0 saturated carbocycles. The summed E-state index contributed by atoms with van der Waals surface area (Å²) >= 11 is 0. The highest BCUT2D eigenvalue weighted by molar-refractivity contribution is 5.84. The molecule has 2 aromatic heterocycles. The first kappa shape index (κ1) is 11.1. The highest BCUT2D eigenvalue weighted by atomic mass is 19.1. The van der Waals surface area contributed by atoms with Crippen LogP contribution in [0.25, 0.3) is 0 Å². The second-order valence-electron chi connectivity index (χ2n) is 3.04. The van der Waals surface area contributed by atoms with Gasteiger partial charge in [-0.05, 0) is 12.1 Å². The number of rotatable bonds is 4. The Labute approximate surface area is 94.7 Å². The predicted molar refractivity (Wildman–Crippen MR) is 52.0 cm³/mol. The predicted octanol–water partition coefficient (Wildman–Crippen LogP) is 1.49. The first-order valence-corrected chi connectivity index (χ1v) is 4.57. The molecule has 2 heterocycles. The third-order valence-electron chi connectivity index (χ3n) is 1.83. The van der Waals surface area contributed by atoms with Gasteiger partial charge in [-0.25, -0.2) is 14.8 Å². The zero-order valence-electron chi connectivity index (χ0n) is 8.46. The Hall–Kier alpha value is -2.44. The van der Waals surface area contributed by atoms with Gasteiger partial charge in [0.15, 0.2) is 12.3 Å². The standard InChI is InChI=1S/C10H7FN2O4/c11-8-2-1-6(3-12-8)16-5-9-13-7(4-17-9)10(14)15/h1-4H,5H2,(H,14,15). The van der Waals surface area contributed by atoms with Gasteiger partial charge in [0, 0.05) is 0 Å². The number of carboxylic acids is 1. The quantitative estimate of drug-likeness (QED) is 0.812. The fraction of sp³-hybridized carbons (Fsp3) is 0.100. The second kappa shape index (κ2) is 4.60. The number of carbonyl (C=O) groups is 1. The Kier molecular flexibility index (Phi) is 2.99. The molecule has 88 valence electrons. The molecule has 7 heteroatoms. The SMILES string of the molecule is O=C(O)c1coc(COc2ccc(F)nc2)n1. The third-order valence-corrected chi connectivity index (χ3v) is 1.83. The summed E-state index contributed by atoms with van der Waals surface area (Å²) < 4.78 is 22.5. The number of hydrogen-bond donors (Lipinski definition) is 1. The van der Waals surface area contributed by atoms with Gasteiger partial charge in [-0.3, -0.25) is 0 Å². The normalized spacial score (nSPS) is 10.2. The first-order chi connectivity index (χ1) is 8.15. The number of halogens is 1. The van der Waals surface area contributed by atoms with Crippen LogP contribution in [0.4, 0.5) is 4.39 Å². The molecular weight excluding hydrogens is 231 g/mol. The van der Waals surface area contributed by atoms with Gasteiger partial charge in [0.2, 0.25) is 11.8 Å². The van der Waals surface area contributed by atoms with Crippen molar-refractivity contribution >= 4 is 5.97 Å². The zero-order chi connectivity index (χ0) is 12.3. The van der Waals surface area contributed by atoms with Gasteiger partial charge in [-0.1, -0.05) is 0 Å². The highest BCUT2D eigenvalue weighted by Crippen LogP contribution is 2.11.